The molecule has 45 heavy (non-hydrogen) atoms. The summed E-state index contributed by atoms with van der Waals surface area (Å²) in [6.45, 7) is 8.97. The van der Waals surface area contributed by atoms with Crippen molar-refractivity contribution in [2.24, 2.45) is 0 Å². The van der Waals surface area contributed by atoms with Crippen molar-refractivity contribution in [3.63, 3.8) is 0 Å². The molecule has 2 atom stereocenters. The molecule has 0 aliphatic carbocycles. The molecule has 1 aliphatic rings. The first kappa shape index (κ1) is 31.9. The van der Waals surface area contributed by atoms with Gasteiger partial charge in [0, 0.05) is 31.1 Å². The van der Waals surface area contributed by atoms with E-state index in [1.807, 2.05) is 6.07 Å². The van der Waals surface area contributed by atoms with Crippen LogP contribution in [0.15, 0.2) is 42.7 Å². The highest BCUT2D eigenvalue weighted by atomic mass is 32.1. The van der Waals surface area contributed by atoms with Crippen LogP contribution in [0.3, 0.4) is 0 Å². The van der Waals surface area contributed by atoms with Gasteiger partial charge in [-0.25, -0.2) is 24.7 Å². The average Bonchev–Trinajstić information content (AvgIpc) is 3.59. The number of halogens is 3. The number of ether oxygens (including phenoxy) is 2. The number of carbonyl (C=O) groups excluding carboxylic acids is 2. The van der Waals surface area contributed by atoms with Crippen LogP contribution in [0.5, 0.6) is 11.6 Å². The van der Waals surface area contributed by atoms with Gasteiger partial charge < -0.3 is 25.0 Å². The van der Waals surface area contributed by atoms with Gasteiger partial charge in [-0.05, 0) is 64.8 Å². The highest BCUT2D eigenvalue weighted by molar-refractivity contribution is 7.22. The van der Waals surface area contributed by atoms with E-state index >= 15 is 0 Å². The molecular formula is C30H32F3N7O4S. The Morgan fingerprint density at radius 2 is 1.89 bits per heavy atom. The minimum Gasteiger partial charge on any atom is -0.444 e. The Labute approximate surface area is 261 Å². The fourth-order valence-electron chi connectivity index (χ4n) is 4.97. The summed E-state index contributed by atoms with van der Waals surface area (Å²) >= 11 is 1.28. The first-order valence-corrected chi connectivity index (χ1v) is 15.0. The molecule has 0 unspecified atom stereocenters. The minimum absolute atomic E-state index is 0.0560. The van der Waals surface area contributed by atoms with E-state index in [0.29, 0.717) is 29.4 Å². The van der Waals surface area contributed by atoms with Crippen LogP contribution in [0.1, 0.15) is 53.2 Å². The lowest BCUT2D eigenvalue weighted by molar-refractivity contribution is -0.141. The van der Waals surface area contributed by atoms with Gasteiger partial charge in [-0.1, -0.05) is 17.4 Å². The largest absolute Gasteiger partial charge is 0.444 e. The second kappa shape index (κ2) is 12.5. The molecule has 1 aromatic carbocycles. The van der Waals surface area contributed by atoms with Crippen LogP contribution >= 0.6 is 11.3 Å². The molecule has 3 aromatic heterocycles. The highest BCUT2D eigenvalue weighted by Crippen LogP contribution is 2.37. The normalized spacial score (nSPS) is 16.0. The van der Waals surface area contributed by atoms with E-state index in [1.165, 1.54) is 36.7 Å². The zero-order chi connectivity index (χ0) is 32.5. The lowest BCUT2D eigenvalue weighted by Gasteiger charge is -2.32. The third-order valence-electron chi connectivity index (χ3n) is 6.85. The van der Waals surface area contributed by atoms with Crippen LogP contribution in [0, 0.1) is 0 Å². The molecule has 0 bridgehead atoms. The number of aromatic nitrogens is 4. The summed E-state index contributed by atoms with van der Waals surface area (Å²) in [6.07, 6.45) is -2.56. The number of amides is 2. The predicted octanol–water partition coefficient (Wildman–Crippen LogP) is 7.12. The van der Waals surface area contributed by atoms with Crippen molar-refractivity contribution in [3.8, 4) is 22.9 Å². The summed E-state index contributed by atoms with van der Waals surface area (Å²) < 4.78 is 53.6. The van der Waals surface area contributed by atoms with E-state index < -0.39 is 29.6 Å². The minimum atomic E-state index is -4.68. The van der Waals surface area contributed by atoms with Crippen LogP contribution < -0.4 is 15.4 Å². The van der Waals surface area contributed by atoms with Crippen molar-refractivity contribution in [3.05, 3.63) is 48.4 Å². The average molecular weight is 644 g/mol. The van der Waals surface area contributed by atoms with E-state index in [-0.39, 0.29) is 34.9 Å². The maximum Gasteiger partial charge on any atom is 0.433 e. The second-order valence-corrected chi connectivity index (χ2v) is 12.6. The Hall–Kier alpha value is -4.53. The number of carbonyl (C=O) groups is 2. The summed E-state index contributed by atoms with van der Waals surface area (Å²) in [5, 5.41) is 6.18. The summed E-state index contributed by atoms with van der Waals surface area (Å²) in [6, 6.07) is 8.13. The Balaban J connectivity index is 1.45. The molecule has 0 radical (unpaired) electrons. The molecule has 11 nitrogen and oxygen atoms in total. The number of pyridine rings is 1. The van der Waals surface area contributed by atoms with Crippen LogP contribution in [0.2, 0.25) is 0 Å². The van der Waals surface area contributed by atoms with Gasteiger partial charge in [0.25, 0.3) is 0 Å². The molecule has 238 valence electrons. The fraction of sp³-hybridized carbons (Fsp3) is 0.400. The van der Waals surface area contributed by atoms with Crippen LogP contribution in [0.4, 0.5) is 28.9 Å². The Morgan fingerprint density at radius 3 is 2.60 bits per heavy atom. The monoisotopic (exact) mass is 643 g/mol. The molecular weight excluding hydrogens is 611 g/mol. The Morgan fingerprint density at radius 1 is 1.11 bits per heavy atom. The second-order valence-electron chi connectivity index (χ2n) is 11.6. The van der Waals surface area contributed by atoms with Crippen LogP contribution in [-0.2, 0) is 15.7 Å². The topological polar surface area (TPSA) is 131 Å². The first-order chi connectivity index (χ1) is 21.2. The summed E-state index contributed by atoms with van der Waals surface area (Å²) in [7, 11) is 0. The van der Waals surface area contributed by atoms with Gasteiger partial charge in [-0.2, -0.15) is 13.2 Å². The van der Waals surface area contributed by atoms with E-state index in [0.717, 1.165) is 17.2 Å². The van der Waals surface area contributed by atoms with Crippen LogP contribution in [0.25, 0.3) is 21.5 Å². The van der Waals surface area contributed by atoms with Crippen molar-refractivity contribution < 1.29 is 32.2 Å². The number of likely N-dealkylation sites (tertiary alicyclic amines) is 1. The fourth-order valence-corrected chi connectivity index (χ4v) is 5.90. The van der Waals surface area contributed by atoms with Gasteiger partial charge in [0.05, 0.1) is 16.4 Å². The van der Waals surface area contributed by atoms with Gasteiger partial charge in [-0.15, -0.1) is 0 Å². The molecule has 15 heteroatoms. The zero-order valence-electron chi connectivity index (χ0n) is 25.2. The molecule has 0 saturated carbocycles. The molecule has 4 heterocycles. The third-order valence-corrected chi connectivity index (χ3v) is 7.79. The van der Waals surface area contributed by atoms with E-state index in [4.69, 9.17) is 9.47 Å². The maximum atomic E-state index is 13.7. The highest BCUT2D eigenvalue weighted by Gasteiger charge is 2.37. The van der Waals surface area contributed by atoms with Gasteiger partial charge in [0.2, 0.25) is 11.8 Å². The van der Waals surface area contributed by atoms with Crippen molar-refractivity contribution in [2.45, 2.75) is 71.3 Å². The summed E-state index contributed by atoms with van der Waals surface area (Å²) in [5.41, 5.74) is -0.723. The first-order valence-electron chi connectivity index (χ1n) is 14.2. The standard InChI is InChI=1S/C30H32F3N7O4S/c1-16(20-8-7-13-40(20)28(42)44-29(3,4)5)36-26-18(11-12-23(38-26)30(31,32)33)19-14-24(35-15-34-19)43-21-9-6-10-22-25(21)39-27(45-22)37-17(2)41/h6,9-12,14-16,20H,7-8,13H2,1-5H3,(H,36,38)(H,37,39,41)/t16-,20-/m1/s1. The SMILES string of the molecule is CC(=O)Nc1nc2c(Oc3cc(-c4ccc(C(F)(F)F)nc4N[C@H](C)[C@H]4CCCN4C(=O)OC(C)(C)C)ncn3)cccc2s1. The summed E-state index contributed by atoms with van der Waals surface area (Å²) in [4.78, 5) is 42.8. The van der Waals surface area contributed by atoms with E-state index in [1.54, 1.807) is 44.7 Å². The lowest BCUT2D eigenvalue weighted by atomic mass is 10.1. The molecule has 2 amide bonds. The number of benzene rings is 1. The molecule has 1 saturated heterocycles. The van der Waals surface area contributed by atoms with Gasteiger partial charge in [0.1, 0.15) is 29.0 Å². The number of anilines is 2. The van der Waals surface area contributed by atoms with Gasteiger partial charge in [-0.3, -0.25) is 4.79 Å². The Bertz CT molecular complexity index is 1720. The maximum absolute atomic E-state index is 13.7. The number of alkyl halides is 3. The third kappa shape index (κ3) is 7.59. The zero-order valence-corrected chi connectivity index (χ0v) is 26.0. The van der Waals surface area contributed by atoms with E-state index in [2.05, 4.69) is 30.6 Å². The quantitative estimate of drug-likeness (QED) is 0.216. The van der Waals surface area contributed by atoms with Crippen molar-refractivity contribution in [1.29, 1.82) is 0 Å². The predicted molar refractivity (Wildman–Crippen MR) is 163 cm³/mol. The molecule has 5 rings (SSSR count). The number of hydrogen-bond acceptors (Lipinski definition) is 10. The molecule has 2 N–H and O–H groups in total. The molecule has 1 fully saturated rings. The number of fused-ring (bicyclic) bond motifs is 1. The number of thiazole rings is 1. The Kier molecular flexibility index (Phi) is 8.83. The number of rotatable bonds is 7. The van der Waals surface area contributed by atoms with Crippen molar-refractivity contribution in [1.82, 2.24) is 24.8 Å². The van der Waals surface area contributed by atoms with Gasteiger partial charge >= 0.3 is 12.3 Å². The van der Waals surface area contributed by atoms with E-state index in [9.17, 15) is 22.8 Å². The molecule has 0 spiro atoms. The number of nitrogens with zero attached hydrogens (tertiary/aromatic N) is 5. The van der Waals surface area contributed by atoms with Crippen molar-refractivity contribution >= 4 is 44.5 Å². The molecule has 4 aromatic rings. The molecule has 1 aliphatic heterocycles. The van der Waals surface area contributed by atoms with Crippen molar-refractivity contribution in [2.75, 3.05) is 17.2 Å². The smallest absolute Gasteiger partial charge is 0.433 e. The van der Waals surface area contributed by atoms with Gasteiger partial charge in [0.15, 0.2) is 10.9 Å². The number of nitrogens with one attached hydrogen (secondary N) is 2. The van der Waals surface area contributed by atoms with Crippen LogP contribution in [-0.4, -0.2) is 61.1 Å². The summed E-state index contributed by atoms with van der Waals surface area (Å²) in [5.74, 6) is 0.171. The number of hydrogen-bond donors (Lipinski definition) is 2. The lowest BCUT2D eigenvalue weighted by Crippen LogP contribution is -2.46. The number of para-hydroxylation sites is 1.